The Labute approximate surface area is 164 Å². The van der Waals surface area contributed by atoms with Gasteiger partial charge in [-0.05, 0) is 64.9 Å². The number of carbonyl (C=O) groups is 2. The molecule has 0 saturated carbocycles. The molecule has 1 N–H and O–H groups in total. The summed E-state index contributed by atoms with van der Waals surface area (Å²) in [6.45, 7) is 11.6. The molecule has 0 radical (unpaired) electrons. The zero-order valence-electron chi connectivity index (χ0n) is 16.2. The largest absolute Gasteiger partial charge is 0.465 e. The fourth-order valence-corrected chi connectivity index (χ4v) is 3.89. The van der Waals surface area contributed by atoms with Crippen LogP contribution in [0.25, 0.3) is 0 Å². The molecule has 26 heavy (non-hydrogen) atoms. The molecule has 146 valence electrons. The summed E-state index contributed by atoms with van der Waals surface area (Å²) in [5.41, 5.74) is -0.0245. The molecule has 0 saturated heterocycles. The Balaban J connectivity index is 2.61. The van der Waals surface area contributed by atoms with E-state index in [-0.39, 0.29) is 5.30 Å². The van der Waals surface area contributed by atoms with Crippen molar-refractivity contribution in [3.63, 3.8) is 0 Å². The monoisotopic (exact) mass is 400 g/mol. The smallest absolute Gasteiger partial charge is 0.407 e. The zero-order valence-corrected chi connectivity index (χ0v) is 17.9. The lowest BCUT2D eigenvalue weighted by Crippen LogP contribution is -2.46. The summed E-state index contributed by atoms with van der Waals surface area (Å²) in [6.07, 6.45) is 2.46. The molecular weight excluding hydrogens is 372 g/mol. The standard InChI is InChI=1S/C18H28N2O4S2/c1-17(2,3)20(15(21)22)9-10-25-12-13-11-19-8-7-14(13)26-16(23)24-18(4,5)6/h7-8,11H,9-10,12H2,1-6H3,(H,21,22). The molecule has 1 aromatic heterocycles. The number of hydrogen-bond acceptors (Lipinski definition) is 6. The van der Waals surface area contributed by atoms with E-state index in [1.807, 2.05) is 41.5 Å². The fraction of sp³-hybridized carbons (Fsp3) is 0.611. The number of nitrogens with zero attached hydrogens (tertiary/aromatic N) is 2. The van der Waals surface area contributed by atoms with Gasteiger partial charge in [0.25, 0.3) is 0 Å². The highest BCUT2D eigenvalue weighted by atomic mass is 32.2. The van der Waals surface area contributed by atoms with E-state index in [4.69, 9.17) is 4.74 Å². The van der Waals surface area contributed by atoms with Crippen LogP contribution in [0.4, 0.5) is 9.59 Å². The minimum absolute atomic E-state index is 0.347. The molecule has 0 atom stereocenters. The lowest BCUT2D eigenvalue weighted by Gasteiger charge is -2.33. The van der Waals surface area contributed by atoms with Gasteiger partial charge in [0.1, 0.15) is 5.60 Å². The van der Waals surface area contributed by atoms with Crippen LogP contribution in [0, 0.1) is 0 Å². The van der Waals surface area contributed by atoms with Gasteiger partial charge in [0.2, 0.25) is 0 Å². The molecule has 0 spiro atoms. The van der Waals surface area contributed by atoms with Crippen molar-refractivity contribution in [2.75, 3.05) is 12.3 Å². The molecule has 0 aliphatic heterocycles. The molecule has 1 rings (SSSR count). The first-order chi connectivity index (χ1) is 11.9. The molecule has 0 fully saturated rings. The zero-order chi connectivity index (χ0) is 20.0. The first-order valence-electron chi connectivity index (χ1n) is 8.32. The molecule has 8 heteroatoms. The Morgan fingerprint density at radius 3 is 2.42 bits per heavy atom. The van der Waals surface area contributed by atoms with E-state index < -0.39 is 17.2 Å². The van der Waals surface area contributed by atoms with Gasteiger partial charge in [-0.3, -0.25) is 4.98 Å². The van der Waals surface area contributed by atoms with Gasteiger partial charge < -0.3 is 14.7 Å². The fourth-order valence-electron chi connectivity index (χ4n) is 2.04. The Morgan fingerprint density at radius 1 is 1.23 bits per heavy atom. The van der Waals surface area contributed by atoms with E-state index >= 15 is 0 Å². The number of thioether (sulfide) groups is 2. The normalized spacial score (nSPS) is 11.9. The van der Waals surface area contributed by atoms with Crippen LogP contribution in [0.5, 0.6) is 0 Å². The van der Waals surface area contributed by atoms with Gasteiger partial charge in [-0.15, -0.1) is 0 Å². The molecule has 1 aromatic rings. The van der Waals surface area contributed by atoms with Gasteiger partial charge in [-0.25, -0.2) is 9.59 Å². The SMILES string of the molecule is CC(C)(C)OC(=O)Sc1ccncc1CSCCN(C(=O)O)C(C)(C)C. The van der Waals surface area contributed by atoms with Crippen LogP contribution in [-0.4, -0.2) is 49.8 Å². The highest BCUT2D eigenvalue weighted by Crippen LogP contribution is 2.28. The molecule has 0 unspecified atom stereocenters. The second kappa shape index (κ2) is 9.50. The maximum absolute atomic E-state index is 12.0. The third kappa shape index (κ3) is 8.31. The summed E-state index contributed by atoms with van der Waals surface area (Å²) >= 11 is 2.66. The summed E-state index contributed by atoms with van der Waals surface area (Å²) in [5.74, 6) is 1.31. The second-order valence-corrected chi connectivity index (χ2v) is 9.79. The predicted molar refractivity (Wildman–Crippen MR) is 107 cm³/mol. The third-order valence-corrected chi connectivity index (χ3v) is 5.05. The number of carboxylic acid groups (broad SMARTS) is 1. The van der Waals surface area contributed by atoms with Gasteiger partial charge in [-0.2, -0.15) is 11.8 Å². The van der Waals surface area contributed by atoms with Crippen LogP contribution >= 0.6 is 23.5 Å². The number of hydrogen-bond donors (Lipinski definition) is 1. The average Bonchev–Trinajstić information content (AvgIpc) is 2.44. The van der Waals surface area contributed by atoms with E-state index in [0.29, 0.717) is 18.1 Å². The summed E-state index contributed by atoms with van der Waals surface area (Å²) in [6, 6.07) is 1.79. The van der Waals surface area contributed by atoms with Crippen LogP contribution in [0.15, 0.2) is 23.4 Å². The Morgan fingerprint density at radius 2 is 1.88 bits per heavy atom. The topological polar surface area (TPSA) is 79.7 Å². The van der Waals surface area contributed by atoms with Crippen LogP contribution < -0.4 is 0 Å². The number of pyridine rings is 1. The highest BCUT2D eigenvalue weighted by Gasteiger charge is 2.25. The number of amides is 1. The summed E-state index contributed by atoms with van der Waals surface area (Å²) < 4.78 is 5.34. The highest BCUT2D eigenvalue weighted by molar-refractivity contribution is 8.13. The second-order valence-electron chi connectivity index (χ2n) is 7.71. The average molecular weight is 401 g/mol. The maximum atomic E-state index is 12.0. The first-order valence-corrected chi connectivity index (χ1v) is 10.3. The summed E-state index contributed by atoms with van der Waals surface area (Å²) in [7, 11) is 0. The van der Waals surface area contributed by atoms with Crippen molar-refractivity contribution < 1.29 is 19.4 Å². The molecule has 1 heterocycles. The molecule has 0 aliphatic carbocycles. The molecule has 0 aromatic carbocycles. The van der Waals surface area contributed by atoms with E-state index in [9.17, 15) is 14.7 Å². The molecule has 0 aliphatic rings. The van der Waals surface area contributed by atoms with E-state index in [1.165, 1.54) is 4.90 Å². The van der Waals surface area contributed by atoms with Gasteiger partial charge in [0, 0.05) is 40.9 Å². The van der Waals surface area contributed by atoms with Gasteiger partial charge in [0.15, 0.2) is 0 Å². The lowest BCUT2D eigenvalue weighted by molar-refractivity contribution is 0.0737. The van der Waals surface area contributed by atoms with E-state index in [1.54, 1.807) is 30.2 Å². The number of ether oxygens (including phenoxy) is 1. The Bertz CT molecular complexity index is 624. The molecule has 6 nitrogen and oxygen atoms in total. The van der Waals surface area contributed by atoms with Crippen molar-refractivity contribution in [1.82, 2.24) is 9.88 Å². The predicted octanol–water partition coefficient (Wildman–Crippen LogP) is 5.12. The van der Waals surface area contributed by atoms with Gasteiger partial charge >= 0.3 is 11.4 Å². The van der Waals surface area contributed by atoms with Crippen molar-refractivity contribution in [3.8, 4) is 0 Å². The number of rotatable bonds is 6. The van der Waals surface area contributed by atoms with Gasteiger partial charge in [-0.1, -0.05) is 0 Å². The van der Waals surface area contributed by atoms with Crippen molar-refractivity contribution in [2.45, 2.75) is 63.3 Å². The number of aromatic nitrogens is 1. The quantitative estimate of drug-likeness (QED) is 0.403. The Kier molecular flexibility index (Phi) is 8.27. The van der Waals surface area contributed by atoms with Crippen LogP contribution in [0.2, 0.25) is 0 Å². The van der Waals surface area contributed by atoms with Crippen LogP contribution in [-0.2, 0) is 10.5 Å². The van der Waals surface area contributed by atoms with Crippen LogP contribution in [0.3, 0.4) is 0 Å². The summed E-state index contributed by atoms with van der Waals surface area (Å²) in [5, 5.41) is 8.97. The van der Waals surface area contributed by atoms with Crippen molar-refractivity contribution in [1.29, 1.82) is 0 Å². The van der Waals surface area contributed by atoms with Crippen LogP contribution in [0.1, 0.15) is 47.1 Å². The Hall–Kier alpha value is -1.41. The third-order valence-electron chi connectivity index (χ3n) is 3.20. The number of carbonyl (C=O) groups excluding carboxylic acids is 1. The van der Waals surface area contributed by atoms with E-state index in [0.717, 1.165) is 22.2 Å². The summed E-state index contributed by atoms with van der Waals surface area (Å²) in [4.78, 5) is 29.7. The molecular formula is C18H28N2O4S2. The van der Waals surface area contributed by atoms with E-state index in [2.05, 4.69) is 4.98 Å². The maximum Gasteiger partial charge on any atom is 0.407 e. The van der Waals surface area contributed by atoms with Crippen molar-refractivity contribution >= 4 is 34.9 Å². The first kappa shape index (κ1) is 22.6. The molecule has 0 bridgehead atoms. The van der Waals surface area contributed by atoms with Crippen molar-refractivity contribution in [2.24, 2.45) is 0 Å². The molecule has 1 amide bonds. The lowest BCUT2D eigenvalue weighted by atomic mass is 10.1. The minimum atomic E-state index is -0.916. The minimum Gasteiger partial charge on any atom is -0.465 e. The van der Waals surface area contributed by atoms with Crippen molar-refractivity contribution in [3.05, 3.63) is 24.0 Å². The van der Waals surface area contributed by atoms with Gasteiger partial charge in [0.05, 0.1) is 0 Å².